The van der Waals surface area contributed by atoms with Gasteiger partial charge in [0.25, 0.3) is 0 Å². The molecule has 2 aromatic rings. The van der Waals surface area contributed by atoms with Crippen LogP contribution in [0.15, 0.2) is 29.0 Å². The average Bonchev–Trinajstić information content (AvgIpc) is 2.61. The lowest BCUT2D eigenvalue weighted by atomic mass is 9.96. The third-order valence-electron chi connectivity index (χ3n) is 4.50. The van der Waals surface area contributed by atoms with Crippen LogP contribution in [0.2, 0.25) is 0 Å². The molecule has 1 aromatic heterocycles. The zero-order valence-corrected chi connectivity index (χ0v) is 15.6. The molecule has 1 saturated heterocycles. The van der Waals surface area contributed by atoms with Crippen molar-refractivity contribution < 1.29 is 4.79 Å². The first-order valence-electron chi connectivity index (χ1n) is 8.62. The number of aromatic nitrogens is 2. The summed E-state index contributed by atoms with van der Waals surface area (Å²) in [5.74, 6) is 1.13. The van der Waals surface area contributed by atoms with Crippen LogP contribution in [0.5, 0.6) is 0 Å². The van der Waals surface area contributed by atoms with E-state index in [1.807, 2.05) is 12.1 Å². The lowest BCUT2D eigenvalue weighted by Gasteiger charge is -2.33. The van der Waals surface area contributed by atoms with Crippen LogP contribution in [0.1, 0.15) is 32.6 Å². The van der Waals surface area contributed by atoms with E-state index < -0.39 is 0 Å². The van der Waals surface area contributed by atoms with Gasteiger partial charge in [-0.15, -0.1) is 0 Å². The van der Waals surface area contributed by atoms with Gasteiger partial charge in [-0.1, -0.05) is 29.3 Å². The number of benzene rings is 1. The summed E-state index contributed by atoms with van der Waals surface area (Å²) in [6.07, 6.45) is 5.69. The number of fused-ring (bicyclic) bond motifs is 1. The van der Waals surface area contributed by atoms with Crippen molar-refractivity contribution in [2.75, 3.05) is 24.5 Å². The van der Waals surface area contributed by atoms with E-state index in [0.29, 0.717) is 0 Å². The number of carbonyl (C=O) groups is 1. The van der Waals surface area contributed by atoms with E-state index in [0.717, 1.165) is 66.5 Å². The van der Waals surface area contributed by atoms with Crippen molar-refractivity contribution in [1.82, 2.24) is 15.3 Å². The lowest BCUT2D eigenvalue weighted by molar-refractivity contribution is -0.125. The van der Waals surface area contributed by atoms with E-state index in [4.69, 9.17) is 0 Å². The minimum Gasteiger partial charge on any atom is -0.356 e. The zero-order valence-electron chi connectivity index (χ0n) is 14.0. The highest BCUT2D eigenvalue weighted by Crippen LogP contribution is 2.29. The largest absolute Gasteiger partial charge is 0.356 e. The number of carbonyl (C=O) groups excluding carboxylic acids is 1. The first kappa shape index (κ1) is 17.1. The predicted octanol–water partition coefficient (Wildman–Crippen LogP) is 3.53. The quantitative estimate of drug-likeness (QED) is 0.793. The van der Waals surface area contributed by atoms with Gasteiger partial charge in [-0.3, -0.25) is 4.79 Å². The third-order valence-corrected chi connectivity index (χ3v) is 4.99. The Kier molecular flexibility index (Phi) is 5.66. The molecule has 0 aliphatic carbocycles. The minimum absolute atomic E-state index is 0.0350. The number of halogens is 1. The SMILES string of the molecule is CCCCNC(=O)C1CCCN(c2ncnc3ccc(Br)cc23)C1. The van der Waals surface area contributed by atoms with Crippen molar-refractivity contribution in [2.45, 2.75) is 32.6 Å². The molecule has 1 aromatic carbocycles. The maximum atomic E-state index is 12.4. The lowest BCUT2D eigenvalue weighted by Crippen LogP contribution is -2.43. The Balaban J connectivity index is 1.77. The summed E-state index contributed by atoms with van der Waals surface area (Å²) in [7, 11) is 0. The van der Waals surface area contributed by atoms with E-state index in [-0.39, 0.29) is 11.8 Å². The molecule has 0 radical (unpaired) electrons. The van der Waals surface area contributed by atoms with Gasteiger partial charge in [0.2, 0.25) is 5.91 Å². The van der Waals surface area contributed by atoms with Gasteiger partial charge in [0.1, 0.15) is 12.1 Å². The summed E-state index contributed by atoms with van der Waals surface area (Å²) >= 11 is 3.52. The van der Waals surface area contributed by atoms with Gasteiger partial charge >= 0.3 is 0 Å². The predicted molar refractivity (Wildman–Crippen MR) is 100 cm³/mol. The molecule has 0 bridgehead atoms. The van der Waals surface area contributed by atoms with Crippen molar-refractivity contribution in [3.8, 4) is 0 Å². The van der Waals surface area contributed by atoms with Gasteiger partial charge in [-0.2, -0.15) is 0 Å². The number of anilines is 1. The van der Waals surface area contributed by atoms with Crippen LogP contribution in [0.25, 0.3) is 10.9 Å². The first-order valence-corrected chi connectivity index (χ1v) is 9.41. The first-order chi connectivity index (χ1) is 11.7. The summed E-state index contributed by atoms with van der Waals surface area (Å²) in [6.45, 7) is 4.55. The van der Waals surface area contributed by atoms with Gasteiger partial charge in [0.15, 0.2) is 0 Å². The van der Waals surface area contributed by atoms with Crippen molar-refractivity contribution in [2.24, 2.45) is 5.92 Å². The van der Waals surface area contributed by atoms with Gasteiger partial charge in [-0.25, -0.2) is 9.97 Å². The van der Waals surface area contributed by atoms with Crippen LogP contribution in [-0.4, -0.2) is 35.5 Å². The maximum absolute atomic E-state index is 12.4. The smallest absolute Gasteiger partial charge is 0.224 e. The summed E-state index contributed by atoms with van der Waals surface area (Å²) < 4.78 is 1.01. The number of piperidine rings is 1. The number of nitrogens with zero attached hydrogens (tertiary/aromatic N) is 3. The van der Waals surface area contributed by atoms with Gasteiger partial charge < -0.3 is 10.2 Å². The fraction of sp³-hybridized carbons (Fsp3) is 0.500. The molecule has 5 nitrogen and oxygen atoms in total. The molecule has 1 aliphatic heterocycles. The van der Waals surface area contributed by atoms with Gasteiger partial charge in [-0.05, 0) is 37.5 Å². The normalized spacial score (nSPS) is 17.9. The molecular weight excluding hydrogens is 368 g/mol. The average molecular weight is 391 g/mol. The molecule has 1 unspecified atom stereocenters. The second-order valence-corrected chi connectivity index (χ2v) is 7.20. The molecule has 6 heteroatoms. The highest BCUT2D eigenvalue weighted by molar-refractivity contribution is 9.10. The fourth-order valence-corrected chi connectivity index (χ4v) is 3.54. The summed E-state index contributed by atoms with van der Waals surface area (Å²) in [5.41, 5.74) is 0.928. The maximum Gasteiger partial charge on any atom is 0.224 e. The van der Waals surface area contributed by atoms with Crippen molar-refractivity contribution in [3.63, 3.8) is 0 Å². The molecule has 2 heterocycles. The number of amides is 1. The van der Waals surface area contributed by atoms with Gasteiger partial charge in [0, 0.05) is 29.5 Å². The molecule has 1 atom stereocenters. The van der Waals surface area contributed by atoms with E-state index in [9.17, 15) is 4.79 Å². The second-order valence-electron chi connectivity index (χ2n) is 6.29. The van der Waals surface area contributed by atoms with E-state index >= 15 is 0 Å². The van der Waals surface area contributed by atoms with Crippen LogP contribution < -0.4 is 10.2 Å². The molecule has 3 rings (SSSR count). The molecule has 1 aliphatic rings. The number of nitrogens with one attached hydrogen (secondary N) is 1. The molecule has 128 valence electrons. The van der Waals surface area contributed by atoms with Crippen LogP contribution in [-0.2, 0) is 4.79 Å². The Hall–Kier alpha value is -1.69. The van der Waals surface area contributed by atoms with Crippen LogP contribution in [0.3, 0.4) is 0 Å². The standard InChI is InChI=1S/C18H23BrN4O/c1-2-3-8-20-18(24)13-5-4-9-23(11-13)17-15-10-14(19)6-7-16(15)21-12-22-17/h6-7,10,12-13H,2-5,8-9,11H2,1H3,(H,20,24). The Bertz CT molecular complexity index is 721. The summed E-state index contributed by atoms with van der Waals surface area (Å²) in [4.78, 5) is 23.5. The Morgan fingerprint density at radius 2 is 2.29 bits per heavy atom. The monoisotopic (exact) mass is 390 g/mol. The third kappa shape index (κ3) is 3.86. The molecule has 1 amide bonds. The molecule has 0 spiro atoms. The minimum atomic E-state index is 0.0350. The molecule has 1 fully saturated rings. The molecular formula is C18H23BrN4O. The topological polar surface area (TPSA) is 58.1 Å². The van der Waals surface area contributed by atoms with Crippen LogP contribution in [0, 0.1) is 5.92 Å². The Morgan fingerprint density at radius 1 is 1.42 bits per heavy atom. The highest BCUT2D eigenvalue weighted by atomic mass is 79.9. The van der Waals surface area contributed by atoms with Crippen molar-refractivity contribution in [3.05, 3.63) is 29.0 Å². The van der Waals surface area contributed by atoms with Crippen LogP contribution >= 0.6 is 15.9 Å². The van der Waals surface area contributed by atoms with E-state index in [2.05, 4.69) is 49.1 Å². The number of unbranched alkanes of at least 4 members (excludes halogenated alkanes) is 1. The molecule has 1 N–H and O–H groups in total. The second kappa shape index (κ2) is 7.92. The van der Waals surface area contributed by atoms with Crippen molar-refractivity contribution >= 4 is 38.6 Å². The number of rotatable bonds is 5. The summed E-state index contributed by atoms with van der Waals surface area (Å²) in [5, 5.41) is 4.09. The van der Waals surface area contributed by atoms with Crippen molar-refractivity contribution in [1.29, 1.82) is 0 Å². The highest BCUT2D eigenvalue weighted by Gasteiger charge is 2.27. The number of hydrogen-bond donors (Lipinski definition) is 1. The zero-order chi connectivity index (χ0) is 16.9. The Morgan fingerprint density at radius 3 is 3.12 bits per heavy atom. The van der Waals surface area contributed by atoms with E-state index in [1.54, 1.807) is 6.33 Å². The van der Waals surface area contributed by atoms with Gasteiger partial charge in [0.05, 0.1) is 11.4 Å². The van der Waals surface area contributed by atoms with Crippen LogP contribution in [0.4, 0.5) is 5.82 Å². The Labute approximate surface area is 151 Å². The molecule has 24 heavy (non-hydrogen) atoms. The fourth-order valence-electron chi connectivity index (χ4n) is 3.18. The number of hydrogen-bond acceptors (Lipinski definition) is 4. The molecule has 0 saturated carbocycles. The van der Waals surface area contributed by atoms with E-state index in [1.165, 1.54) is 0 Å². The summed E-state index contributed by atoms with van der Waals surface area (Å²) in [6, 6.07) is 6.03.